The molecule has 2 aromatic rings. The standard InChI is InChI=1S/C17H25N5O/c1-11-15-8-7-14(9-16(15)22(2)21-11)20-17(23)19-13-5-3-12(10-18)4-6-13/h7-9,12-13H,3-6,10,18H2,1-2H3,(H2,19,20,23). The van der Waals surface area contributed by atoms with Crippen LogP contribution in [0, 0.1) is 12.8 Å². The molecule has 1 heterocycles. The Balaban J connectivity index is 1.61. The third-order valence-electron chi connectivity index (χ3n) is 4.81. The van der Waals surface area contributed by atoms with Gasteiger partial charge in [0, 0.05) is 24.2 Å². The molecule has 1 aromatic heterocycles. The summed E-state index contributed by atoms with van der Waals surface area (Å²) in [7, 11) is 1.91. The molecule has 1 aromatic carbocycles. The van der Waals surface area contributed by atoms with Crippen LogP contribution in [-0.4, -0.2) is 28.4 Å². The Morgan fingerprint density at radius 1 is 1.35 bits per heavy atom. The highest BCUT2D eigenvalue weighted by Crippen LogP contribution is 2.24. The van der Waals surface area contributed by atoms with Crippen molar-refractivity contribution in [2.24, 2.45) is 18.7 Å². The summed E-state index contributed by atoms with van der Waals surface area (Å²) in [5, 5.41) is 11.5. The third kappa shape index (κ3) is 3.47. The average molecular weight is 315 g/mol. The minimum atomic E-state index is -0.139. The van der Waals surface area contributed by atoms with Gasteiger partial charge in [-0.25, -0.2) is 4.79 Å². The van der Waals surface area contributed by atoms with Gasteiger partial charge in [-0.15, -0.1) is 0 Å². The zero-order chi connectivity index (χ0) is 16.4. The molecule has 0 radical (unpaired) electrons. The van der Waals surface area contributed by atoms with E-state index in [-0.39, 0.29) is 12.1 Å². The van der Waals surface area contributed by atoms with Gasteiger partial charge >= 0.3 is 6.03 Å². The van der Waals surface area contributed by atoms with Gasteiger partial charge in [0.2, 0.25) is 0 Å². The fourth-order valence-electron chi connectivity index (χ4n) is 3.41. The van der Waals surface area contributed by atoms with Gasteiger partial charge in [-0.3, -0.25) is 4.68 Å². The molecule has 6 nitrogen and oxygen atoms in total. The maximum atomic E-state index is 12.2. The minimum Gasteiger partial charge on any atom is -0.335 e. The fourth-order valence-corrected chi connectivity index (χ4v) is 3.41. The number of nitrogens with two attached hydrogens (primary N) is 1. The number of urea groups is 1. The number of carbonyl (C=O) groups is 1. The normalized spacial score (nSPS) is 21.3. The van der Waals surface area contributed by atoms with Crippen LogP contribution in [0.4, 0.5) is 10.5 Å². The van der Waals surface area contributed by atoms with E-state index < -0.39 is 0 Å². The van der Waals surface area contributed by atoms with E-state index in [2.05, 4.69) is 15.7 Å². The summed E-state index contributed by atoms with van der Waals surface area (Å²) in [6.07, 6.45) is 4.22. The van der Waals surface area contributed by atoms with Gasteiger partial charge in [0.05, 0.1) is 11.2 Å². The molecule has 1 aliphatic rings. The van der Waals surface area contributed by atoms with Crippen molar-refractivity contribution in [3.8, 4) is 0 Å². The lowest BCUT2D eigenvalue weighted by atomic mass is 9.86. The summed E-state index contributed by atoms with van der Waals surface area (Å²) in [5.74, 6) is 0.617. The molecule has 0 spiro atoms. The first-order valence-corrected chi connectivity index (χ1v) is 8.27. The Morgan fingerprint density at radius 2 is 2.09 bits per heavy atom. The molecule has 1 aliphatic carbocycles. The lowest BCUT2D eigenvalue weighted by Gasteiger charge is -2.28. The highest BCUT2D eigenvalue weighted by molar-refractivity contribution is 5.93. The largest absolute Gasteiger partial charge is 0.335 e. The second-order valence-corrected chi connectivity index (χ2v) is 6.49. The van der Waals surface area contributed by atoms with Crippen LogP contribution in [0.2, 0.25) is 0 Å². The number of hydrogen-bond donors (Lipinski definition) is 3. The third-order valence-corrected chi connectivity index (χ3v) is 4.81. The summed E-state index contributed by atoms with van der Waals surface area (Å²) in [6, 6.07) is 5.99. The molecule has 0 atom stereocenters. The first-order valence-electron chi connectivity index (χ1n) is 8.27. The van der Waals surface area contributed by atoms with Crippen molar-refractivity contribution in [2.45, 2.75) is 38.6 Å². The Bertz CT molecular complexity index is 700. The van der Waals surface area contributed by atoms with Crippen LogP contribution in [0.1, 0.15) is 31.4 Å². The maximum absolute atomic E-state index is 12.2. The number of benzene rings is 1. The Morgan fingerprint density at radius 3 is 2.78 bits per heavy atom. The van der Waals surface area contributed by atoms with E-state index >= 15 is 0 Å². The lowest BCUT2D eigenvalue weighted by molar-refractivity contribution is 0.238. The summed E-state index contributed by atoms with van der Waals surface area (Å²) in [5.41, 5.74) is 8.50. The molecular formula is C17H25N5O. The topological polar surface area (TPSA) is 85.0 Å². The van der Waals surface area contributed by atoms with Crippen molar-refractivity contribution in [1.82, 2.24) is 15.1 Å². The van der Waals surface area contributed by atoms with E-state index in [1.165, 1.54) is 0 Å². The second kappa shape index (κ2) is 6.58. The zero-order valence-corrected chi connectivity index (χ0v) is 13.8. The van der Waals surface area contributed by atoms with Crippen LogP contribution in [0.15, 0.2) is 18.2 Å². The van der Waals surface area contributed by atoms with Crippen LogP contribution in [-0.2, 0) is 7.05 Å². The summed E-state index contributed by atoms with van der Waals surface area (Å²) in [6.45, 7) is 2.74. The van der Waals surface area contributed by atoms with Crippen LogP contribution in [0.5, 0.6) is 0 Å². The molecule has 124 valence electrons. The number of amides is 2. The van der Waals surface area contributed by atoms with Crippen LogP contribution in [0.3, 0.4) is 0 Å². The lowest BCUT2D eigenvalue weighted by Crippen LogP contribution is -2.40. The molecule has 23 heavy (non-hydrogen) atoms. The highest BCUT2D eigenvalue weighted by atomic mass is 16.2. The molecule has 0 bridgehead atoms. The number of hydrogen-bond acceptors (Lipinski definition) is 3. The Labute approximate surface area is 136 Å². The summed E-state index contributed by atoms with van der Waals surface area (Å²) < 4.78 is 1.84. The van der Waals surface area contributed by atoms with Gasteiger partial charge in [-0.2, -0.15) is 5.10 Å². The summed E-state index contributed by atoms with van der Waals surface area (Å²) in [4.78, 5) is 12.2. The molecule has 1 saturated carbocycles. The van der Waals surface area contributed by atoms with Crippen molar-refractivity contribution < 1.29 is 4.79 Å². The molecule has 0 unspecified atom stereocenters. The van der Waals surface area contributed by atoms with Gasteiger partial charge in [-0.1, -0.05) is 0 Å². The van der Waals surface area contributed by atoms with Crippen molar-refractivity contribution in [3.05, 3.63) is 23.9 Å². The minimum absolute atomic E-state index is 0.139. The quantitative estimate of drug-likeness (QED) is 0.813. The van der Waals surface area contributed by atoms with E-state index in [4.69, 9.17) is 5.73 Å². The van der Waals surface area contributed by atoms with Gasteiger partial charge in [-0.05, 0) is 63.3 Å². The number of rotatable bonds is 3. The highest BCUT2D eigenvalue weighted by Gasteiger charge is 2.21. The van der Waals surface area contributed by atoms with E-state index in [0.717, 1.165) is 54.5 Å². The SMILES string of the molecule is Cc1nn(C)c2cc(NC(=O)NC3CCC(CN)CC3)ccc12. The van der Waals surface area contributed by atoms with Gasteiger partial charge in [0.1, 0.15) is 0 Å². The monoisotopic (exact) mass is 315 g/mol. The van der Waals surface area contributed by atoms with Crippen LogP contribution < -0.4 is 16.4 Å². The van der Waals surface area contributed by atoms with E-state index in [9.17, 15) is 4.79 Å². The average Bonchev–Trinajstić information content (AvgIpc) is 2.82. The first kappa shape index (κ1) is 15.8. The van der Waals surface area contributed by atoms with E-state index in [1.54, 1.807) is 0 Å². The molecule has 6 heteroatoms. The Hall–Kier alpha value is -2.08. The molecule has 1 fully saturated rings. The number of aromatic nitrogens is 2. The van der Waals surface area contributed by atoms with Crippen molar-refractivity contribution >= 4 is 22.6 Å². The van der Waals surface area contributed by atoms with Gasteiger partial charge in [0.15, 0.2) is 0 Å². The fraction of sp³-hybridized carbons (Fsp3) is 0.529. The van der Waals surface area contributed by atoms with E-state index in [1.807, 2.05) is 36.9 Å². The maximum Gasteiger partial charge on any atom is 0.319 e. The van der Waals surface area contributed by atoms with Crippen LogP contribution >= 0.6 is 0 Å². The van der Waals surface area contributed by atoms with Crippen molar-refractivity contribution in [3.63, 3.8) is 0 Å². The van der Waals surface area contributed by atoms with Gasteiger partial charge < -0.3 is 16.4 Å². The molecule has 3 rings (SSSR count). The second-order valence-electron chi connectivity index (χ2n) is 6.49. The van der Waals surface area contributed by atoms with E-state index in [0.29, 0.717) is 5.92 Å². The number of nitrogens with zero attached hydrogens (tertiary/aromatic N) is 2. The number of aryl methyl sites for hydroxylation is 2. The molecule has 0 aliphatic heterocycles. The van der Waals surface area contributed by atoms with Crippen molar-refractivity contribution in [1.29, 1.82) is 0 Å². The van der Waals surface area contributed by atoms with Crippen LogP contribution in [0.25, 0.3) is 10.9 Å². The predicted molar refractivity (Wildman–Crippen MR) is 92.4 cm³/mol. The number of nitrogens with one attached hydrogen (secondary N) is 2. The number of carbonyl (C=O) groups excluding carboxylic acids is 1. The number of fused-ring (bicyclic) bond motifs is 1. The zero-order valence-electron chi connectivity index (χ0n) is 13.8. The number of anilines is 1. The van der Waals surface area contributed by atoms with Crippen molar-refractivity contribution in [2.75, 3.05) is 11.9 Å². The smallest absolute Gasteiger partial charge is 0.319 e. The first-order chi connectivity index (χ1) is 11.1. The predicted octanol–water partition coefficient (Wildman–Crippen LogP) is 2.52. The molecule has 4 N–H and O–H groups in total. The molecule has 0 saturated heterocycles. The molecule has 2 amide bonds. The Kier molecular flexibility index (Phi) is 4.52. The summed E-state index contributed by atoms with van der Waals surface area (Å²) >= 11 is 0. The molecular weight excluding hydrogens is 290 g/mol. The van der Waals surface area contributed by atoms with Gasteiger partial charge in [0.25, 0.3) is 0 Å².